The summed E-state index contributed by atoms with van der Waals surface area (Å²) in [4.78, 5) is 19.4. The standard InChI is InChI=1S/C23H25ClN4O3/c1-15-3-6-18(24)13-20(15)25-23(29)17-9-11-28(12-10-17)14-21-26-22(27-31-21)16-4-7-19(30-2)8-5-16/h3-8,13,17H,9-12,14H2,1-2H3,(H,25,29). The van der Waals surface area contributed by atoms with Crippen molar-refractivity contribution in [3.63, 3.8) is 0 Å². The molecule has 3 aromatic rings. The summed E-state index contributed by atoms with van der Waals surface area (Å²) in [6.07, 6.45) is 1.57. The first kappa shape index (κ1) is 21.3. The van der Waals surface area contributed by atoms with Crippen LogP contribution in [0.4, 0.5) is 5.69 Å². The van der Waals surface area contributed by atoms with Crippen LogP contribution in [-0.2, 0) is 11.3 Å². The Hall–Kier alpha value is -2.90. The number of aryl methyl sites for hydroxylation is 1. The average molecular weight is 441 g/mol. The number of anilines is 1. The topological polar surface area (TPSA) is 80.5 Å². The predicted octanol–water partition coefficient (Wildman–Crippen LogP) is 4.56. The third-order valence-corrected chi connectivity index (χ3v) is 5.83. The molecule has 1 aromatic heterocycles. The van der Waals surface area contributed by atoms with Gasteiger partial charge in [0.2, 0.25) is 17.6 Å². The number of methoxy groups -OCH3 is 1. The molecule has 0 saturated carbocycles. The van der Waals surface area contributed by atoms with Crippen molar-refractivity contribution >= 4 is 23.2 Å². The molecule has 7 nitrogen and oxygen atoms in total. The Morgan fingerprint density at radius 2 is 1.97 bits per heavy atom. The number of carbonyl (C=O) groups is 1. The van der Waals surface area contributed by atoms with Gasteiger partial charge in [-0.25, -0.2) is 0 Å². The van der Waals surface area contributed by atoms with Gasteiger partial charge in [-0.1, -0.05) is 22.8 Å². The first-order valence-electron chi connectivity index (χ1n) is 10.3. The number of aromatic nitrogens is 2. The molecule has 2 aromatic carbocycles. The Balaban J connectivity index is 1.29. The van der Waals surface area contributed by atoms with Gasteiger partial charge >= 0.3 is 0 Å². The van der Waals surface area contributed by atoms with Gasteiger partial charge in [-0.2, -0.15) is 4.98 Å². The number of benzene rings is 2. The molecule has 0 unspecified atom stereocenters. The van der Waals surface area contributed by atoms with Gasteiger partial charge in [-0.3, -0.25) is 9.69 Å². The Morgan fingerprint density at radius 1 is 1.23 bits per heavy atom. The molecule has 1 fully saturated rings. The molecule has 1 N–H and O–H groups in total. The van der Waals surface area contributed by atoms with Gasteiger partial charge in [-0.05, 0) is 74.8 Å². The summed E-state index contributed by atoms with van der Waals surface area (Å²) in [6.45, 7) is 4.13. The number of rotatable bonds is 6. The van der Waals surface area contributed by atoms with E-state index in [0.29, 0.717) is 23.3 Å². The predicted molar refractivity (Wildman–Crippen MR) is 119 cm³/mol. The summed E-state index contributed by atoms with van der Waals surface area (Å²) >= 11 is 6.05. The van der Waals surface area contributed by atoms with Crippen LogP contribution in [0.25, 0.3) is 11.4 Å². The molecule has 0 radical (unpaired) electrons. The van der Waals surface area contributed by atoms with Crippen LogP contribution in [0.1, 0.15) is 24.3 Å². The van der Waals surface area contributed by atoms with Crippen molar-refractivity contribution in [1.29, 1.82) is 0 Å². The number of hydrogen-bond acceptors (Lipinski definition) is 6. The van der Waals surface area contributed by atoms with Crippen LogP contribution in [0.5, 0.6) is 5.75 Å². The van der Waals surface area contributed by atoms with Gasteiger partial charge in [-0.15, -0.1) is 0 Å². The summed E-state index contributed by atoms with van der Waals surface area (Å²) in [5.74, 6) is 1.94. The summed E-state index contributed by atoms with van der Waals surface area (Å²) in [7, 11) is 1.63. The van der Waals surface area contributed by atoms with Crippen molar-refractivity contribution in [2.24, 2.45) is 5.92 Å². The zero-order chi connectivity index (χ0) is 21.8. The third kappa shape index (κ3) is 5.24. The molecule has 2 heterocycles. The smallest absolute Gasteiger partial charge is 0.241 e. The lowest BCUT2D eigenvalue weighted by molar-refractivity contribution is -0.121. The zero-order valence-electron chi connectivity index (χ0n) is 17.6. The van der Waals surface area contributed by atoms with Crippen LogP contribution in [0.15, 0.2) is 47.0 Å². The third-order valence-electron chi connectivity index (χ3n) is 5.59. The Bertz CT molecular complexity index is 1040. The number of halogens is 1. The maximum atomic E-state index is 12.7. The quantitative estimate of drug-likeness (QED) is 0.605. The van der Waals surface area contributed by atoms with Gasteiger partial charge in [0, 0.05) is 22.2 Å². The van der Waals surface area contributed by atoms with E-state index in [2.05, 4.69) is 20.4 Å². The van der Waals surface area contributed by atoms with Crippen molar-refractivity contribution in [3.8, 4) is 17.1 Å². The van der Waals surface area contributed by atoms with E-state index in [0.717, 1.165) is 48.5 Å². The molecule has 0 atom stereocenters. The molecule has 1 saturated heterocycles. The van der Waals surface area contributed by atoms with E-state index in [9.17, 15) is 4.79 Å². The molecule has 4 rings (SSSR count). The minimum absolute atomic E-state index is 0.0211. The summed E-state index contributed by atoms with van der Waals surface area (Å²) in [5.41, 5.74) is 2.65. The SMILES string of the molecule is COc1ccc(-c2noc(CN3CCC(C(=O)Nc4cc(Cl)ccc4C)CC3)n2)cc1. The molecule has 1 aliphatic heterocycles. The zero-order valence-corrected chi connectivity index (χ0v) is 18.4. The van der Waals surface area contributed by atoms with Crippen LogP contribution >= 0.6 is 11.6 Å². The van der Waals surface area contributed by atoms with Gasteiger partial charge < -0.3 is 14.6 Å². The fourth-order valence-electron chi connectivity index (χ4n) is 3.68. The minimum atomic E-state index is -0.0211. The van der Waals surface area contributed by atoms with Crippen LogP contribution in [0, 0.1) is 12.8 Å². The molecule has 31 heavy (non-hydrogen) atoms. The summed E-state index contributed by atoms with van der Waals surface area (Å²) in [5, 5.41) is 7.72. The van der Waals surface area contributed by atoms with E-state index in [1.165, 1.54) is 0 Å². The van der Waals surface area contributed by atoms with Crippen LogP contribution in [0.2, 0.25) is 5.02 Å². The number of carbonyl (C=O) groups excluding carboxylic acids is 1. The number of likely N-dealkylation sites (tertiary alicyclic amines) is 1. The molecule has 0 bridgehead atoms. The van der Waals surface area contributed by atoms with Crippen LogP contribution < -0.4 is 10.1 Å². The molecule has 8 heteroatoms. The van der Waals surface area contributed by atoms with E-state index < -0.39 is 0 Å². The summed E-state index contributed by atoms with van der Waals surface area (Å²) in [6, 6.07) is 13.1. The molecular weight excluding hydrogens is 416 g/mol. The molecule has 1 aliphatic rings. The lowest BCUT2D eigenvalue weighted by Crippen LogP contribution is -2.37. The van der Waals surface area contributed by atoms with E-state index in [1.54, 1.807) is 13.2 Å². The van der Waals surface area contributed by atoms with Gasteiger partial charge in [0.05, 0.1) is 13.7 Å². The fraction of sp³-hybridized carbons (Fsp3) is 0.348. The van der Waals surface area contributed by atoms with Gasteiger partial charge in [0.1, 0.15) is 5.75 Å². The maximum Gasteiger partial charge on any atom is 0.241 e. The van der Waals surface area contributed by atoms with Crippen LogP contribution in [-0.4, -0.2) is 41.1 Å². The van der Waals surface area contributed by atoms with E-state index in [4.69, 9.17) is 20.9 Å². The molecular formula is C23H25ClN4O3. The Kier molecular flexibility index (Phi) is 6.53. The molecule has 162 valence electrons. The molecule has 0 spiro atoms. The fourth-order valence-corrected chi connectivity index (χ4v) is 3.86. The number of nitrogens with zero attached hydrogens (tertiary/aromatic N) is 3. The second-order valence-corrected chi connectivity index (χ2v) is 8.18. The Morgan fingerprint density at radius 3 is 2.68 bits per heavy atom. The lowest BCUT2D eigenvalue weighted by atomic mass is 9.95. The number of piperidine rings is 1. The second-order valence-electron chi connectivity index (χ2n) is 7.74. The normalized spacial score (nSPS) is 15.1. The van der Waals surface area contributed by atoms with E-state index in [-0.39, 0.29) is 11.8 Å². The lowest BCUT2D eigenvalue weighted by Gasteiger charge is -2.30. The summed E-state index contributed by atoms with van der Waals surface area (Å²) < 4.78 is 10.6. The molecule has 0 aliphatic carbocycles. The van der Waals surface area contributed by atoms with Crippen LogP contribution in [0.3, 0.4) is 0 Å². The van der Waals surface area contributed by atoms with Crippen molar-refractivity contribution in [1.82, 2.24) is 15.0 Å². The van der Waals surface area contributed by atoms with Gasteiger partial charge in [0.15, 0.2) is 0 Å². The number of nitrogens with one attached hydrogen (secondary N) is 1. The molecule has 1 amide bonds. The highest BCUT2D eigenvalue weighted by Crippen LogP contribution is 2.25. The minimum Gasteiger partial charge on any atom is -0.497 e. The van der Waals surface area contributed by atoms with Crippen molar-refractivity contribution < 1.29 is 14.1 Å². The number of ether oxygens (including phenoxy) is 1. The Labute approximate surface area is 186 Å². The monoisotopic (exact) mass is 440 g/mol. The second kappa shape index (κ2) is 9.49. The highest BCUT2D eigenvalue weighted by molar-refractivity contribution is 6.31. The highest BCUT2D eigenvalue weighted by Gasteiger charge is 2.26. The number of amides is 1. The van der Waals surface area contributed by atoms with Gasteiger partial charge in [0.25, 0.3) is 0 Å². The van der Waals surface area contributed by atoms with Crippen molar-refractivity contribution in [3.05, 3.63) is 58.9 Å². The van der Waals surface area contributed by atoms with E-state index >= 15 is 0 Å². The number of hydrogen-bond donors (Lipinski definition) is 1. The maximum absolute atomic E-state index is 12.7. The van der Waals surface area contributed by atoms with Crippen molar-refractivity contribution in [2.75, 3.05) is 25.5 Å². The van der Waals surface area contributed by atoms with E-state index in [1.807, 2.05) is 43.3 Å². The van der Waals surface area contributed by atoms with Crippen molar-refractivity contribution in [2.45, 2.75) is 26.3 Å². The first-order chi connectivity index (χ1) is 15.0. The first-order valence-corrected chi connectivity index (χ1v) is 10.7. The average Bonchev–Trinajstić information content (AvgIpc) is 3.25. The highest BCUT2D eigenvalue weighted by atomic mass is 35.5. The largest absolute Gasteiger partial charge is 0.497 e.